The third-order valence-electron chi connectivity index (χ3n) is 2.64. The van der Waals surface area contributed by atoms with Crippen molar-refractivity contribution in [3.8, 4) is 10.7 Å². The van der Waals surface area contributed by atoms with E-state index in [4.69, 9.17) is 11.5 Å². The molecule has 82 valence electrons. The average Bonchev–Trinajstić information content (AvgIpc) is 2.74. The lowest BCUT2D eigenvalue weighted by atomic mass is 10.2. The molecule has 3 rings (SSSR count). The second kappa shape index (κ2) is 3.41. The molecule has 0 radical (unpaired) electrons. The normalized spacial score (nSPS) is 14.0. The lowest BCUT2D eigenvalue weighted by Crippen LogP contribution is -2.03. The van der Waals surface area contributed by atoms with Crippen LogP contribution in [0.25, 0.3) is 10.7 Å². The zero-order valence-electron chi connectivity index (χ0n) is 8.60. The van der Waals surface area contributed by atoms with E-state index in [1.54, 1.807) is 11.3 Å². The Labute approximate surface area is 96.6 Å². The summed E-state index contributed by atoms with van der Waals surface area (Å²) in [5.41, 5.74) is 12.5. The molecule has 0 unspecified atom stereocenters. The molecule has 0 aliphatic heterocycles. The molecule has 0 bridgehead atoms. The van der Waals surface area contributed by atoms with Crippen LogP contribution in [0.15, 0.2) is 6.07 Å². The first kappa shape index (κ1) is 9.53. The minimum atomic E-state index is 0.177. The Kier molecular flexibility index (Phi) is 2.03. The van der Waals surface area contributed by atoms with E-state index in [1.807, 2.05) is 0 Å². The second-order valence-electron chi connectivity index (χ2n) is 3.79. The molecule has 2 heterocycles. The van der Waals surface area contributed by atoms with Gasteiger partial charge in [0.15, 0.2) is 5.82 Å². The van der Waals surface area contributed by atoms with Crippen molar-refractivity contribution in [3.05, 3.63) is 16.5 Å². The van der Waals surface area contributed by atoms with Gasteiger partial charge in [-0.05, 0) is 30.9 Å². The molecule has 1 aliphatic carbocycles. The Morgan fingerprint density at radius 1 is 1.06 bits per heavy atom. The van der Waals surface area contributed by atoms with Gasteiger partial charge in [-0.3, -0.25) is 0 Å². The summed E-state index contributed by atoms with van der Waals surface area (Å²) < 4.78 is 0. The molecule has 6 heteroatoms. The first-order chi connectivity index (χ1) is 7.72. The van der Waals surface area contributed by atoms with Gasteiger partial charge in [0, 0.05) is 4.88 Å². The first-order valence-corrected chi connectivity index (χ1v) is 5.93. The molecule has 0 amide bonds. The van der Waals surface area contributed by atoms with Crippen molar-refractivity contribution in [2.75, 3.05) is 11.5 Å². The fourth-order valence-electron chi connectivity index (χ4n) is 1.96. The summed E-state index contributed by atoms with van der Waals surface area (Å²) in [5, 5.41) is 0. The monoisotopic (exact) mass is 233 g/mol. The standard InChI is InChI=1S/C10H11N5S/c11-9-13-8(14-10(12)15-9)7-4-5-2-1-3-6(5)16-7/h4H,1-3H2,(H4,11,12,13,14,15). The van der Waals surface area contributed by atoms with E-state index in [0.717, 1.165) is 17.7 Å². The van der Waals surface area contributed by atoms with Crippen LogP contribution >= 0.6 is 11.3 Å². The highest BCUT2D eigenvalue weighted by atomic mass is 32.1. The van der Waals surface area contributed by atoms with Crippen molar-refractivity contribution in [2.24, 2.45) is 0 Å². The fraction of sp³-hybridized carbons (Fsp3) is 0.300. The summed E-state index contributed by atoms with van der Waals surface area (Å²) in [6.07, 6.45) is 3.57. The van der Waals surface area contributed by atoms with Gasteiger partial charge in [-0.2, -0.15) is 15.0 Å². The van der Waals surface area contributed by atoms with Crippen LogP contribution in [0.4, 0.5) is 11.9 Å². The Hall–Kier alpha value is -1.69. The second-order valence-corrected chi connectivity index (χ2v) is 4.92. The molecule has 0 aromatic carbocycles. The lowest BCUT2D eigenvalue weighted by Gasteiger charge is -1.98. The molecule has 1 aliphatic rings. The molecular formula is C10H11N5S. The smallest absolute Gasteiger partial charge is 0.225 e. The van der Waals surface area contributed by atoms with Crippen molar-refractivity contribution in [2.45, 2.75) is 19.3 Å². The van der Waals surface area contributed by atoms with Crippen molar-refractivity contribution in [1.29, 1.82) is 0 Å². The molecule has 0 saturated heterocycles. The minimum absolute atomic E-state index is 0.177. The topological polar surface area (TPSA) is 90.7 Å². The number of thiophene rings is 1. The maximum Gasteiger partial charge on any atom is 0.225 e. The van der Waals surface area contributed by atoms with E-state index in [2.05, 4.69) is 21.0 Å². The zero-order chi connectivity index (χ0) is 11.1. The SMILES string of the molecule is Nc1nc(N)nc(-c2cc3c(s2)CCC3)n1. The Bertz CT molecular complexity index is 506. The van der Waals surface area contributed by atoms with Gasteiger partial charge in [0.1, 0.15) is 0 Å². The molecule has 0 fully saturated rings. The Morgan fingerprint density at radius 3 is 2.50 bits per heavy atom. The number of nitrogens with zero attached hydrogens (tertiary/aromatic N) is 3. The van der Waals surface area contributed by atoms with Crippen LogP contribution < -0.4 is 11.5 Å². The number of aryl methyl sites for hydroxylation is 2. The summed E-state index contributed by atoms with van der Waals surface area (Å²) >= 11 is 1.73. The van der Waals surface area contributed by atoms with Crippen LogP contribution in [-0.2, 0) is 12.8 Å². The van der Waals surface area contributed by atoms with Crippen LogP contribution in [0.2, 0.25) is 0 Å². The van der Waals surface area contributed by atoms with Crippen molar-refractivity contribution >= 4 is 23.2 Å². The van der Waals surface area contributed by atoms with E-state index < -0.39 is 0 Å². The van der Waals surface area contributed by atoms with Gasteiger partial charge in [-0.1, -0.05) is 0 Å². The number of nitrogens with two attached hydrogens (primary N) is 2. The number of hydrogen-bond donors (Lipinski definition) is 2. The molecule has 2 aromatic heterocycles. The molecular weight excluding hydrogens is 222 g/mol. The number of nitrogen functional groups attached to an aromatic ring is 2. The number of rotatable bonds is 1. The lowest BCUT2D eigenvalue weighted by molar-refractivity contribution is 0.914. The van der Waals surface area contributed by atoms with E-state index in [1.165, 1.54) is 16.9 Å². The Balaban J connectivity index is 2.08. The largest absolute Gasteiger partial charge is 0.368 e. The number of anilines is 2. The van der Waals surface area contributed by atoms with Crippen LogP contribution in [0.3, 0.4) is 0 Å². The number of hydrogen-bond acceptors (Lipinski definition) is 6. The van der Waals surface area contributed by atoms with E-state index in [-0.39, 0.29) is 11.9 Å². The highest BCUT2D eigenvalue weighted by Crippen LogP contribution is 2.35. The summed E-state index contributed by atoms with van der Waals surface area (Å²) in [5.74, 6) is 0.941. The predicted molar refractivity (Wildman–Crippen MR) is 64.0 cm³/mol. The first-order valence-electron chi connectivity index (χ1n) is 5.11. The van der Waals surface area contributed by atoms with Crippen molar-refractivity contribution < 1.29 is 0 Å². The summed E-state index contributed by atoms with van der Waals surface area (Å²) in [6, 6.07) is 2.14. The van der Waals surface area contributed by atoms with E-state index in [9.17, 15) is 0 Å². The van der Waals surface area contributed by atoms with Crippen LogP contribution in [0.5, 0.6) is 0 Å². The molecule has 4 N–H and O–H groups in total. The summed E-state index contributed by atoms with van der Waals surface area (Å²) in [6.45, 7) is 0. The third-order valence-corrected chi connectivity index (χ3v) is 3.87. The fourth-order valence-corrected chi connectivity index (χ4v) is 3.15. The molecule has 0 spiro atoms. The summed E-state index contributed by atoms with van der Waals surface area (Å²) in [4.78, 5) is 14.4. The predicted octanol–water partition coefficient (Wildman–Crippen LogP) is 1.25. The van der Waals surface area contributed by atoms with Crippen LogP contribution in [0, 0.1) is 0 Å². The van der Waals surface area contributed by atoms with E-state index in [0.29, 0.717) is 5.82 Å². The average molecular weight is 233 g/mol. The zero-order valence-corrected chi connectivity index (χ0v) is 9.42. The molecule has 5 nitrogen and oxygen atoms in total. The molecule has 16 heavy (non-hydrogen) atoms. The highest BCUT2D eigenvalue weighted by molar-refractivity contribution is 7.15. The quantitative estimate of drug-likeness (QED) is 0.773. The van der Waals surface area contributed by atoms with Gasteiger partial charge < -0.3 is 11.5 Å². The Morgan fingerprint density at radius 2 is 1.81 bits per heavy atom. The van der Waals surface area contributed by atoms with Crippen molar-refractivity contribution in [1.82, 2.24) is 15.0 Å². The van der Waals surface area contributed by atoms with Gasteiger partial charge in [-0.25, -0.2) is 0 Å². The molecule has 0 saturated carbocycles. The number of fused-ring (bicyclic) bond motifs is 1. The third kappa shape index (κ3) is 1.51. The van der Waals surface area contributed by atoms with Crippen LogP contribution in [0.1, 0.15) is 16.9 Å². The molecule has 0 atom stereocenters. The van der Waals surface area contributed by atoms with Crippen molar-refractivity contribution in [3.63, 3.8) is 0 Å². The van der Waals surface area contributed by atoms with Gasteiger partial charge in [-0.15, -0.1) is 11.3 Å². The maximum atomic E-state index is 5.55. The van der Waals surface area contributed by atoms with Crippen LogP contribution in [-0.4, -0.2) is 15.0 Å². The highest BCUT2D eigenvalue weighted by Gasteiger charge is 2.17. The van der Waals surface area contributed by atoms with Gasteiger partial charge in [0.2, 0.25) is 11.9 Å². The minimum Gasteiger partial charge on any atom is -0.368 e. The maximum absolute atomic E-state index is 5.55. The van der Waals surface area contributed by atoms with Gasteiger partial charge >= 0.3 is 0 Å². The molecule has 2 aromatic rings. The van der Waals surface area contributed by atoms with E-state index >= 15 is 0 Å². The van der Waals surface area contributed by atoms with Gasteiger partial charge in [0.25, 0.3) is 0 Å². The summed E-state index contributed by atoms with van der Waals surface area (Å²) in [7, 11) is 0. The van der Waals surface area contributed by atoms with Gasteiger partial charge in [0.05, 0.1) is 4.88 Å². The number of aromatic nitrogens is 3.